The van der Waals surface area contributed by atoms with Crippen LogP contribution in [0.4, 0.5) is 5.95 Å². The number of nitrogens with one attached hydrogen (secondary N) is 1. The second-order valence-electron chi connectivity index (χ2n) is 5.35. The van der Waals surface area contributed by atoms with E-state index in [2.05, 4.69) is 22.2 Å². The molecule has 20 heavy (non-hydrogen) atoms. The Morgan fingerprint density at radius 1 is 1.30 bits per heavy atom. The molecule has 0 amide bonds. The van der Waals surface area contributed by atoms with Crippen LogP contribution in [0.25, 0.3) is 0 Å². The number of hydrogen-bond donors (Lipinski definition) is 1. The number of aromatic nitrogens is 2. The average Bonchev–Trinajstić information content (AvgIpc) is 2.35. The first-order chi connectivity index (χ1) is 9.55. The Bertz CT molecular complexity index is 393. The first-order valence-electron chi connectivity index (χ1n) is 7.37. The lowest BCUT2D eigenvalue weighted by Gasteiger charge is -2.16. The first kappa shape index (κ1) is 17.0. The Morgan fingerprint density at radius 3 is 2.65 bits per heavy atom. The van der Waals surface area contributed by atoms with Gasteiger partial charge in [0.1, 0.15) is 0 Å². The fourth-order valence-corrected chi connectivity index (χ4v) is 2.38. The Labute approximate surface area is 127 Å². The molecule has 0 aliphatic rings. The lowest BCUT2D eigenvalue weighted by atomic mass is 10.0. The minimum absolute atomic E-state index is 0.112. The molecular formula is C15H26ClN3O. The topological polar surface area (TPSA) is 47.0 Å². The quantitative estimate of drug-likeness (QED) is 0.699. The van der Waals surface area contributed by atoms with Crippen molar-refractivity contribution in [1.82, 2.24) is 9.97 Å². The van der Waals surface area contributed by atoms with Gasteiger partial charge in [0.05, 0.1) is 6.10 Å². The molecule has 1 N–H and O–H groups in total. The van der Waals surface area contributed by atoms with Crippen LogP contribution in [-0.4, -0.2) is 28.5 Å². The molecule has 0 saturated carbocycles. The number of nitrogens with zero attached hydrogens (tertiary/aromatic N) is 2. The molecule has 1 heterocycles. The highest BCUT2D eigenvalue weighted by Crippen LogP contribution is 2.16. The summed E-state index contributed by atoms with van der Waals surface area (Å²) in [5.74, 6) is 2.52. The first-order valence-corrected chi connectivity index (χ1v) is 7.90. The molecule has 0 aliphatic heterocycles. The van der Waals surface area contributed by atoms with E-state index in [0.717, 1.165) is 18.7 Å². The van der Waals surface area contributed by atoms with Gasteiger partial charge >= 0.3 is 0 Å². The average molecular weight is 300 g/mol. The summed E-state index contributed by atoms with van der Waals surface area (Å²) in [6, 6.07) is 1.85. The highest BCUT2D eigenvalue weighted by atomic mass is 35.5. The zero-order chi connectivity index (χ0) is 15.0. The molecule has 1 rings (SSSR count). The van der Waals surface area contributed by atoms with E-state index in [1.165, 1.54) is 12.8 Å². The predicted molar refractivity (Wildman–Crippen MR) is 84.8 cm³/mol. The number of hydrogen-bond acceptors (Lipinski definition) is 4. The van der Waals surface area contributed by atoms with E-state index in [4.69, 9.17) is 16.3 Å². The van der Waals surface area contributed by atoms with Crippen molar-refractivity contribution in [2.75, 3.05) is 17.7 Å². The van der Waals surface area contributed by atoms with Crippen LogP contribution in [0.5, 0.6) is 5.88 Å². The molecule has 0 spiro atoms. The number of anilines is 1. The zero-order valence-electron chi connectivity index (χ0n) is 12.9. The summed E-state index contributed by atoms with van der Waals surface area (Å²) in [7, 11) is 0. The highest BCUT2D eigenvalue weighted by molar-refractivity contribution is 6.17. The number of halogens is 1. The van der Waals surface area contributed by atoms with Crippen LogP contribution in [0, 0.1) is 12.8 Å². The van der Waals surface area contributed by atoms with E-state index < -0.39 is 0 Å². The van der Waals surface area contributed by atoms with Crippen LogP contribution >= 0.6 is 11.6 Å². The molecule has 1 unspecified atom stereocenters. The maximum absolute atomic E-state index is 5.84. The van der Waals surface area contributed by atoms with Crippen molar-refractivity contribution < 1.29 is 4.74 Å². The van der Waals surface area contributed by atoms with Crippen molar-refractivity contribution in [3.05, 3.63) is 11.8 Å². The summed E-state index contributed by atoms with van der Waals surface area (Å²) in [6.45, 7) is 8.97. The van der Waals surface area contributed by atoms with Gasteiger partial charge in [-0.05, 0) is 39.5 Å². The van der Waals surface area contributed by atoms with E-state index in [1.807, 2.05) is 26.8 Å². The molecule has 5 heteroatoms. The fourth-order valence-electron chi connectivity index (χ4n) is 2.07. The van der Waals surface area contributed by atoms with Crippen LogP contribution in [0.15, 0.2) is 6.07 Å². The minimum atomic E-state index is 0.112. The molecule has 1 aromatic heterocycles. The second-order valence-corrected chi connectivity index (χ2v) is 5.73. The Hall–Kier alpha value is -1.03. The number of aryl methyl sites for hydroxylation is 1. The van der Waals surface area contributed by atoms with E-state index in [9.17, 15) is 0 Å². The molecule has 1 aromatic rings. The van der Waals surface area contributed by atoms with Crippen molar-refractivity contribution >= 4 is 17.5 Å². The maximum atomic E-state index is 5.84. The van der Waals surface area contributed by atoms with Gasteiger partial charge < -0.3 is 10.1 Å². The van der Waals surface area contributed by atoms with E-state index in [-0.39, 0.29) is 6.10 Å². The molecule has 114 valence electrons. The largest absolute Gasteiger partial charge is 0.475 e. The summed E-state index contributed by atoms with van der Waals surface area (Å²) < 4.78 is 5.63. The molecule has 1 atom stereocenters. The van der Waals surface area contributed by atoms with E-state index in [0.29, 0.717) is 23.6 Å². The Morgan fingerprint density at radius 2 is 2.05 bits per heavy atom. The lowest BCUT2D eigenvalue weighted by Crippen LogP contribution is -2.17. The van der Waals surface area contributed by atoms with Crippen molar-refractivity contribution in [3.8, 4) is 5.88 Å². The second kappa shape index (κ2) is 9.01. The molecule has 0 bridgehead atoms. The van der Waals surface area contributed by atoms with Gasteiger partial charge in [-0.25, -0.2) is 4.98 Å². The van der Waals surface area contributed by atoms with Crippen LogP contribution in [0.3, 0.4) is 0 Å². The molecular weight excluding hydrogens is 274 g/mol. The van der Waals surface area contributed by atoms with Crippen LogP contribution in [-0.2, 0) is 0 Å². The normalized spacial score (nSPS) is 12.5. The zero-order valence-corrected chi connectivity index (χ0v) is 13.7. The number of ether oxygens (including phenoxy) is 1. The summed E-state index contributed by atoms with van der Waals surface area (Å²) in [5.41, 5.74) is 0.905. The number of alkyl halides is 1. The standard InChI is InChI=1S/C15H26ClN3O/c1-5-6-13(7-8-16)10-17-15-18-12(4)9-14(19-15)20-11(2)3/h9,11,13H,5-8,10H2,1-4H3,(H,17,18,19). The highest BCUT2D eigenvalue weighted by Gasteiger charge is 2.09. The fraction of sp³-hybridized carbons (Fsp3) is 0.733. The van der Waals surface area contributed by atoms with Crippen molar-refractivity contribution in [2.24, 2.45) is 5.92 Å². The third-order valence-corrected chi connectivity index (χ3v) is 3.17. The molecule has 0 radical (unpaired) electrons. The van der Waals surface area contributed by atoms with Crippen LogP contribution in [0.1, 0.15) is 45.7 Å². The van der Waals surface area contributed by atoms with Gasteiger partial charge in [-0.2, -0.15) is 4.98 Å². The molecule has 0 aliphatic carbocycles. The predicted octanol–water partition coefficient (Wildman–Crippen LogP) is 4.03. The van der Waals surface area contributed by atoms with Gasteiger partial charge in [0.2, 0.25) is 11.8 Å². The molecule has 0 aromatic carbocycles. The Balaban J connectivity index is 2.63. The lowest BCUT2D eigenvalue weighted by molar-refractivity contribution is 0.232. The molecule has 0 fully saturated rings. The monoisotopic (exact) mass is 299 g/mol. The Kier molecular flexibility index (Phi) is 7.67. The molecule has 4 nitrogen and oxygen atoms in total. The van der Waals surface area contributed by atoms with Crippen molar-refractivity contribution in [3.63, 3.8) is 0 Å². The maximum Gasteiger partial charge on any atom is 0.226 e. The third kappa shape index (κ3) is 6.42. The summed E-state index contributed by atoms with van der Waals surface area (Å²) in [5, 5.41) is 3.31. The molecule has 0 saturated heterocycles. The van der Waals surface area contributed by atoms with Crippen molar-refractivity contribution in [2.45, 2.75) is 53.1 Å². The van der Waals surface area contributed by atoms with E-state index in [1.54, 1.807) is 0 Å². The summed E-state index contributed by atoms with van der Waals surface area (Å²) >= 11 is 5.84. The minimum Gasteiger partial charge on any atom is -0.475 e. The SMILES string of the molecule is CCCC(CCCl)CNc1nc(C)cc(OC(C)C)n1. The van der Waals surface area contributed by atoms with Gasteiger partial charge in [-0.3, -0.25) is 0 Å². The van der Waals surface area contributed by atoms with Gasteiger partial charge in [-0.15, -0.1) is 11.6 Å². The van der Waals surface area contributed by atoms with Gasteiger partial charge in [-0.1, -0.05) is 13.3 Å². The van der Waals surface area contributed by atoms with Gasteiger partial charge in [0.25, 0.3) is 0 Å². The van der Waals surface area contributed by atoms with E-state index >= 15 is 0 Å². The van der Waals surface area contributed by atoms with Crippen LogP contribution in [0.2, 0.25) is 0 Å². The summed E-state index contributed by atoms with van der Waals surface area (Å²) in [4.78, 5) is 8.79. The summed E-state index contributed by atoms with van der Waals surface area (Å²) in [6.07, 6.45) is 3.46. The van der Waals surface area contributed by atoms with Gasteiger partial charge in [0, 0.05) is 24.2 Å². The van der Waals surface area contributed by atoms with Crippen LogP contribution < -0.4 is 10.1 Å². The number of rotatable bonds is 9. The van der Waals surface area contributed by atoms with Gasteiger partial charge in [0.15, 0.2) is 0 Å². The third-order valence-electron chi connectivity index (χ3n) is 2.95. The smallest absolute Gasteiger partial charge is 0.226 e. The van der Waals surface area contributed by atoms with Crippen molar-refractivity contribution in [1.29, 1.82) is 0 Å².